The summed E-state index contributed by atoms with van der Waals surface area (Å²) in [5.74, 6) is 1.40. The molecule has 0 radical (unpaired) electrons. The molecule has 0 unspecified atom stereocenters. The topological polar surface area (TPSA) is 51.2 Å². The maximum atomic E-state index is 13.7. The number of rotatable bonds is 11. The van der Waals surface area contributed by atoms with Gasteiger partial charge in [-0.05, 0) is 52.8 Å². The normalized spacial score (nSPS) is 14.2. The number of hydrogen-bond acceptors (Lipinski definition) is 5. The molecule has 1 fully saturated rings. The van der Waals surface area contributed by atoms with Crippen molar-refractivity contribution in [2.24, 2.45) is 0 Å². The first kappa shape index (κ1) is 28.7. The fourth-order valence-electron chi connectivity index (χ4n) is 4.74. The molecule has 0 aliphatic carbocycles. The number of methoxy groups -OCH3 is 1. The Balaban J connectivity index is 1.47. The number of morpholine rings is 1. The minimum atomic E-state index is 0.0420. The third kappa shape index (κ3) is 8.32. The van der Waals surface area contributed by atoms with E-state index < -0.39 is 0 Å². The van der Waals surface area contributed by atoms with Crippen LogP contribution in [0.4, 0.5) is 0 Å². The van der Waals surface area contributed by atoms with Crippen LogP contribution in [-0.2, 0) is 23.3 Å². The summed E-state index contributed by atoms with van der Waals surface area (Å²) in [6.45, 7) is 12.6. The van der Waals surface area contributed by atoms with Gasteiger partial charge in [-0.2, -0.15) is 0 Å². The molecular weight excluding hydrogens is 488 g/mol. The molecule has 1 aliphatic rings. The van der Waals surface area contributed by atoms with Crippen LogP contribution in [0, 0.1) is 0 Å². The van der Waals surface area contributed by atoms with Crippen molar-refractivity contribution in [1.29, 1.82) is 0 Å². The number of carbonyl (C=O) groups is 1. The van der Waals surface area contributed by atoms with Crippen LogP contribution in [0.2, 0.25) is 0 Å². The van der Waals surface area contributed by atoms with Crippen molar-refractivity contribution in [3.63, 3.8) is 0 Å². The lowest BCUT2D eigenvalue weighted by atomic mass is 9.86. The zero-order valence-corrected chi connectivity index (χ0v) is 23.8. The second kappa shape index (κ2) is 13.6. The molecule has 39 heavy (non-hydrogen) atoms. The first-order valence-electron chi connectivity index (χ1n) is 13.9. The van der Waals surface area contributed by atoms with E-state index in [4.69, 9.17) is 14.2 Å². The van der Waals surface area contributed by atoms with E-state index in [1.807, 2.05) is 65.6 Å². The van der Waals surface area contributed by atoms with Crippen LogP contribution in [0.5, 0.6) is 11.5 Å². The Morgan fingerprint density at radius 2 is 1.64 bits per heavy atom. The van der Waals surface area contributed by atoms with Crippen LogP contribution in [-0.4, -0.2) is 62.2 Å². The van der Waals surface area contributed by atoms with E-state index in [2.05, 4.69) is 37.8 Å². The average molecular weight is 531 g/mol. The molecule has 1 heterocycles. The molecule has 1 saturated heterocycles. The van der Waals surface area contributed by atoms with Gasteiger partial charge in [-0.15, -0.1) is 0 Å². The number of ether oxygens (including phenoxy) is 3. The van der Waals surface area contributed by atoms with Gasteiger partial charge in [0.15, 0.2) is 11.5 Å². The maximum absolute atomic E-state index is 13.7. The Bertz CT molecular complexity index is 1180. The summed E-state index contributed by atoms with van der Waals surface area (Å²) in [6, 6.07) is 24.1. The van der Waals surface area contributed by atoms with Crippen molar-refractivity contribution in [2.45, 2.75) is 45.8 Å². The fraction of sp³-hybridized carbons (Fsp3) is 0.424. The van der Waals surface area contributed by atoms with Crippen LogP contribution in [0.3, 0.4) is 0 Å². The second-order valence-corrected chi connectivity index (χ2v) is 11.1. The van der Waals surface area contributed by atoms with E-state index in [0.717, 1.165) is 50.4 Å². The van der Waals surface area contributed by atoms with E-state index in [1.54, 1.807) is 7.11 Å². The molecule has 0 saturated carbocycles. The standard InChI is InChI=1S/C33H42N2O4/c1-33(2,3)29-14-12-28(13-15-29)32(36)35(18-8-17-34-19-21-38-22-20-34)24-27-11-16-30(31(23-27)37-4)39-25-26-9-6-5-7-10-26/h5-7,9-16,23H,8,17-22,24-25H2,1-4H3. The molecule has 0 bridgehead atoms. The third-order valence-corrected chi connectivity index (χ3v) is 7.13. The highest BCUT2D eigenvalue weighted by molar-refractivity contribution is 5.94. The number of nitrogens with zero attached hydrogens (tertiary/aromatic N) is 2. The average Bonchev–Trinajstić information content (AvgIpc) is 2.96. The lowest BCUT2D eigenvalue weighted by molar-refractivity contribution is 0.0355. The molecular formula is C33H42N2O4. The summed E-state index contributed by atoms with van der Waals surface area (Å²) in [5.41, 5.74) is 4.07. The summed E-state index contributed by atoms with van der Waals surface area (Å²) in [4.78, 5) is 18.1. The summed E-state index contributed by atoms with van der Waals surface area (Å²) in [7, 11) is 1.65. The molecule has 0 atom stereocenters. The molecule has 208 valence electrons. The molecule has 6 heteroatoms. The molecule has 0 aromatic heterocycles. The molecule has 0 spiro atoms. The monoisotopic (exact) mass is 530 g/mol. The highest BCUT2D eigenvalue weighted by Gasteiger charge is 2.20. The Kier molecular flexibility index (Phi) is 10.0. The van der Waals surface area contributed by atoms with Crippen molar-refractivity contribution < 1.29 is 19.0 Å². The minimum Gasteiger partial charge on any atom is -0.493 e. The third-order valence-electron chi connectivity index (χ3n) is 7.13. The lowest BCUT2D eigenvalue weighted by Gasteiger charge is -2.29. The van der Waals surface area contributed by atoms with Gasteiger partial charge in [-0.1, -0.05) is 69.3 Å². The number of hydrogen-bond donors (Lipinski definition) is 0. The maximum Gasteiger partial charge on any atom is 0.254 e. The molecule has 1 amide bonds. The van der Waals surface area contributed by atoms with E-state index in [9.17, 15) is 4.79 Å². The van der Waals surface area contributed by atoms with Crippen LogP contribution in [0.15, 0.2) is 72.8 Å². The summed E-state index contributed by atoms with van der Waals surface area (Å²) >= 11 is 0. The predicted octanol–water partition coefficient (Wildman–Crippen LogP) is 5.94. The van der Waals surface area contributed by atoms with E-state index in [0.29, 0.717) is 36.8 Å². The Morgan fingerprint density at radius 3 is 2.31 bits per heavy atom. The zero-order chi connectivity index (χ0) is 27.7. The van der Waals surface area contributed by atoms with Gasteiger partial charge in [0.2, 0.25) is 0 Å². The largest absolute Gasteiger partial charge is 0.493 e. The van der Waals surface area contributed by atoms with Crippen LogP contribution in [0.25, 0.3) is 0 Å². The van der Waals surface area contributed by atoms with Gasteiger partial charge < -0.3 is 19.1 Å². The molecule has 6 nitrogen and oxygen atoms in total. The second-order valence-electron chi connectivity index (χ2n) is 11.1. The molecule has 3 aromatic rings. The molecule has 0 N–H and O–H groups in total. The number of amides is 1. The Labute approximate surface area is 233 Å². The fourth-order valence-corrected chi connectivity index (χ4v) is 4.74. The van der Waals surface area contributed by atoms with Crippen molar-refractivity contribution in [1.82, 2.24) is 9.80 Å². The van der Waals surface area contributed by atoms with E-state index >= 15 is 0 Å². The quantitative estimate of drug-likeness (QED) is 0.307. The van der Waals surface area contributed by atoms with Crippen molar-refractivity contribution in [2.75, 3.05) is 46.5 Å². The SMILES string of the molecule is COc1cc(CN(CCCN2CCOCC2)C(=O)c2ccc(C(C)(C)C)cc2)ccc1OCc1ccccc1. The first-order chi connectivity index (χ1) is 18.8. The van der Waals surface area contributed by atoms with Crippen LogP contribution >= 0.6 is 0 Å². The Morgan fingerprint density at radius 1 is 0.923 bits per heavy atom. The predicted molar refractivity (Wildman–Crippen MR) is 156 cm³/mol. The van der Waals surface area contributed by atoms with Crippen molar-refractivity contribution in [3.8, 4) is 11.5 Å². The smallest absolute Gasteiger partial charge is 0.254 e. The van der Waals surface area contributed by atoms with Gasteiger partial charge in [0, 0.05) is 38.3 Å². The number of carbonyl (C=O) groups excluding carboxylic acids is 1. The lowest BCUT2D eigenvalue weighted by Crippen LogP contribution is -2.39. The molecule has 1 aliphatic heterocycles. The van der Waals surface area contributed by atoms with Crippen LogP contribution < -0.4 is 9.47 Å². The highest BCUT2D eigenvalue weighted by Crippen LogP contribution is 2.30. The van der Waals surface area contributed by atoms with E-state index in [-0.39, 0.29) is 11.3 Å². The van der Waals surface area contributed by atoms with Gasteiger partial charge in [0.05, 0.1) is 20.3 Å². The zero-order valence-electron chi connectivity index (χ0n) is 23.8. The number of benzene rings is 3. The van der Waals surface area contributed by atoms with Crippen molar-refractivity contribution >= 4 is 5.91 Å². The van der Waals surface area contributed by atoms with Gasteiger partial charge >= 0.3 is 0 Å². The van der Waals surface area contributed by atoms with Gasteiger partial charge in [0.1, 0.15) is 6.61 Å². The molecule has 4 rings (SSSR count). The highest BCUT2D eigenvalue weighted by atomic mass is 16.5. The van der Waals surface area contributed by atoms with E-state index in [1.165, 1.54) is 5.56 Å². The first-order valence-corrected chi connectivity index (χ1v) is 13.9. The molecule has 3 aromatic carbocycles. The summed E-state index contributed by atoms with van der Waals surface area (Å²) < 4.78 is 17.2. The van der Waals surface area contributed by atoms with Gasteiger partial charge in [-0.3, -0.25) is 9.69 Å². The van der Waals surface area contributed by atoms with Gasteiger partial charge in [0.25, 0.3) is 5.91 Å². The summed E-state index contributed by atoms with van der Waals surface area (Å²) in [6.07, 6.45) is 0.904. The van der Waals surface area contributed by atoms with Gasteiger partial charge in [-0.25, -0.2) is 0 Å². The van der Waals surface area contributed by atoms with Crippen molar-refractivity contribution in [3.05, 3.63) is 95.1 Å². The Hall–Kier alpha value is -3.35. The summed E-state index contributed by atoms with van der Waals surface area (Å²) in [5, 5.41) is 0. The van der Waals surface area contributed by atoms with Crippen LogP contribution in [0.1, 0.15) is 54.2 Å². The minimum absolute atomic E-state index is 0.0420.